The molecular formula is C15H17N3O3. The Hall–Kier alpha value is -2.63. The second kappa shape index (κ2) is 7.23. The summed E-state index contributed by atoms with van der Waals surface area (Å²) in [6.07, 6.45) is 4.09. The van der Waals surface area contributed by atoms with Gasteiger partial charge >= 0.3 is 5.97 Å². The maximum absolute atomic E-state index is 11.8. The van der Waals surface area contributed by atoms with Crippen LogP contribution in [0.5, 0.6) is 0 Å². The van der Waals surface area contributed by atoms with Crippen LogP contribution in [0.3, 0.4) is 0 Å². The summed E-state index contributed by atoms with van der Waals surface area (Å²) in [6.45, 7) is 1.02. The molecule has 0 atom stereocenters. The Labute approximate surface area is 122 Å². The van der Waals surface area contributed by atoms with Crippen LogP contribution >= 0.6 is 0 Å². The van der Waals surface area contributed by atoms with Gasteiger partial charge in [-0.3, -0.25) is 14.3 Å². The van der Waals surface area contributed by atoms with Gasteiger partial charge in [0.15, 0.2) is 0 Å². The molecule has 6 nitrogen and oxygen atoms in total. The first-order valence-corrected chi connectivity index (χ1v) is 6.71. The summed E-state index contributed by atoms with van der Waals surface area (Å²) < 4.78 is 1.81. The summed E-state index contributed by atoms with van der Waals surface area (Å²) in [5.74, 6) is -1.04. The lowest BCUT2D eigenvalue weighted by Gasteiger charge is -2.06. The van der Waals surface area contributed by atoms with Crippen LogP contribution < -0.4 is 5.32 Å². The van der Waals surface area contributed by atoms with Crippen molar-refractivity contribution in [1.82, 2.24) is 15.1 Å². The third-order valence-corrected chi connectivity index (χ3v) is 2.97. The standard InChI is InChI=1S/C15H17N3O3/c19-14(20)3-1-8-16-15(21)13-6-4-12(5-7-13)11-18-10-2-9-17-18/h2,4-7,9-10H,1,3,8,11H2,(H,16,21)(H,19,20). The Morgan fingerprint density at radius 1 is 1.24 bits per heavy atom. The van der Waals surface area contributed by atoms with E-state index in [9.17, 15) is 9.59 Å². The van der Waals surface area contributed by atoms with Gasteiger partial charge in [-0.15, -0.1) is 0 Å². The number of hydrogen-bond donors (Lipinski definition) is 2. The molecule has 0 aliphatic carbocycles. The molecule has 0 radical (unpaired) electrons. The Morgan fingerprint density at radius 2 is 2.00 bits per heavy atom. The first kappa shape index (κ1) is 14.8. The highest BCUT2D eigenvalue weighted by atomic mass is 16.4. The zero-order chi connectivity index (χ0) is 15.1. The van der Waals surface area contributed by atoms with Crippen molar-refractivity contribution in [2.45, 2.75) is 19.4 Å². The first-order valence-electron chi connectivity index (χ1n) is 6.71. The summed E-state index contributed by atoms with van der Waals surface area (Å²) in [4.78, 5) is 22.2. The van der Waals surface area contributed by atoms with Crippen molar-refractivity contribution < 1.29 is 14.7 Å². The highest BCUT2D eigenvalue weighted by Crippen LogP contribution is 2.06. The zero-order valence-corrected chi connectivity index (χ0v) is 11.5. The van der Waals surface area contributed by atoms with E-state index in [0.717, 1.165) is 5.56 Å². The number of carboxylic acid groups (broad SMARTS) is 1. The van der Waals surface area contributed by atoms with Crippen molar-refractivity contribution in [2.75, 3.05) is 6.54 Å². The predicted octanol–water partition coefficient (Wildman–Crippen LogP) is 1.53. The number of aliphatic carboxylic acids is 1. The Balaban J connectivity index is 1.83. The molecule has 2 rings (SSSR count). The average molecular weight is 287 g/mol. The molecular weight excluding hydrogens is 270 g/mol. The monoisotopic (exact) mass is 287 g/mol. The van der Waals surface area contributed by atoms with Gasteiger partial charge in [-0.05, 0) is 30.2 Å². The van der Waals surface area contributed by atoms with Crippen LogP contribution in [0, 0.1) is 0 Å². The number of carboxylic acids is 1. The number of carbonyl (C=O) groups excluding carboxylic acids is 1. The van der Waals surface area contributed by atoms with Crippen LogP contribution in [-0.4, -0.2) is 33.3 Å². The third kappa shape index (κ3) is 4.76. The highest BCUT2D eigenvalue weighted by molar-refractivity contribution is 5.94. The average Bonchev–Trinajstić information content (AvgIpc) is 2.97. The van der Waals surface area contributed by atoms with Crippen molar-refractivity contribution in [3.8, 4) is 0 Å². The van der Waals surface area contributed by atoms with E-state index in [4.69, 9.17) is 5.11 Å². The van der Waals surface area contributed by atoms with Gasteiger partial charge in [-0.25, -0.2) is 0 Å². The van der Waals surface area contributed by atoms with Crippen molar-refractivity contribution in [3.05, 3.63) is 53.9 Å². The molecule has 0 unspecified atom stereocenters. The van der Waals surface area contributed by atoms with E-state index >= 15 is 0 Å². The number of amides is 1. The van der Waals surface area contributed by atoms with E-state index in [1.54, 1.807) is 23.0 Å². The molecule has 1 aromatic carbocycles. The topological polar surface area (TPSA) is 84.2 Å². The minimum Gasteiger partial charge on any atom is -0.481 e. The number of rotatable bonds is 7. The van der Waals surface area contributed by atoms with Crippen LogP contribution in [0.25, 0.3) is 0 Å². The minimum absolute atomic E-state index is 0.0586. The molecule has 0 spiro atoms. The van der Waals surface area contributed by atoms with Gasteiger partial charge in [0.1, 0.15) is 0 Å². The van der Waals surface area contributed by atoms with E-state index in [0.29, 0.717) is 25.1 Å². The molecule has 0 bridgehead atoms. The van der Waals surface area contributed by atoms with Gasteiger partial charge in [0.2, 0.25) is 0 Å². The van der Waals surface area contributed by atoms with Crippen LogP contribution in [0.2, 0.25) is 0 Å². The van der Waals surface area contributed by atoms with E-state index < -0.39 is 5.97 Å². The predicted molar refractivity (Wildman–Crippen MR) is 77.0 cm³/mol. The van der Waals surface area contributed by atoms with Gasteiger partial charge in [0.25, 0.3) is 5.91 Å². The second-order valence-electron chi connectivity index (χ2n) is 4.65. The van der Waals surface area contributed by atoms with Crippen LogP contribution in [-0.2, 0) is 11.3 Å². The molecule has 1 amide bonds. The quantitative estimate of drug-likeness (QED) is 0.756. The largest absolute Gasteiger partial charge is 0.481 e. The SMILES string of the molecule is O=C(O)CCCNC(=O)c1ccc(Cn2cccn2)cc1. The van der Waals surface area contributed by atoms with E-state index in [1.807, 2.05) is 24.4 Å². The Kier molecular flexibility index (Phi) is 5.09. The van der Waals surface area contributed by atoms with Gasteiger partial charge in [0.05, 0.1) is 6.54 Å². The normalized spacial score (nSPS) is 10.3. The molecule has 2 aromatic rings. The zero-order valence-electron chi connectivity index (χ0n) is 11.5. The molecule has 21 heavy (non-hydrogen) atoms. The molecule has 0 aliphatic rings. The van der Waals surface area contributed by atoms with Crippen molar-refractivity contribution in [2.24, 2.45) is 0 Å². The minimum atomic E-state index is -0.854. The number of hydrogen-bond acceptors (Lipinski definition) is 3. The Bertz CT molecular complexity index is 591. The Morgan fingerprint density at radius 3 is 2.62 bits per heavy atom. The fourth-order valence-corrected chi connectivity index (χ4v) is 1.89. The lowest BCUT2D eigenvalue weighted by molar-refractivity contribution is -0.137. The van der Waals surface area contributed by atoms with Crippen LogP contribution in [0.1, 0.15) is 28.8 Å². The lowest BCUT2D eigenvalue weighted by Crippen LogP contribution is -2.24. The van der Waals surface area contributed by atoms with Gasteiger partial charge in [-0.2, -0.15) is 5.10 Å². The van der Waals surface area contributed by atoms with E-state index in [1.165, 1.54) is 0 Å². The van der Waals surface area contributed by atoms with Gasteiger partial charge in [0, 0.05) is 30.9 Å². The van der Waals surface area contributed by atoms with Gasteiger partial charge in [-0.1, -0.05) is 12.1 Å². The molecule has 0 fully saturated rings. The summed E-state index contributed by atoms with van der Waals surface area (Å²) in [6, 6.07) is 9.14. The smallest absolute Gasteiger partial charge is 0.303 e. The fourth-order valence-electron chi connectivity index (χ4n) is 1.89. The summed E-state index contributed by atoms with van der Waals surface area (Å²) in [5, 5.41) is 15.3. The molecule has 0 aliphatic heterocycles. The molecule has 2 N–H and O–H groups in total. The maximum atomic E-state index is 11.8. The highest BCUT2D eigenvalue weighted by Gasteiger charge is 2.05. The van der Waals surface area contributed by atoms with Crippen molar-refractivity contribution in [3.63, 3.8) is 0 Å². The van der Waals surface area contributed by atoms with Crippen molar-refractivity contribution in [1.29, 1.82) is 0 Å². The molecule has 0 saturated carbocycles. The molecule has 1 aromatic heterocycles. The third-order valence-electron chi connectivity index (χ3n) is 2.97. The maximum Gasteiger partial charge on any atom is 0.303 e. The fraction of sp³-hybridized carbons (Fsp3) is 0.267. The molecule has 6 heteroatoms. The molecule has 1 heterocycles. The lowest BCUT2D eigenvalue weighted by atomic mass is 10.1. The van der Waals surface area contributed by atoms with E-state index in [2.05, 4.69) is 10.4 Å². The van der Waals surface area contributed by atoms with Crippen molar-refractivity contribution >= 4 is 11.9 Å². The number of carbonyl (C=O) groups is 2. The van der Waals surface area contributed by atoms with Crippen LogP contribution in [0.4, 0.5) is 0 Å². The molecule has 0 saturated heterocycles. The van der Waals surface area contributed by atoms with Crippen LogP contribution in [0.15, 0.2) is 42.7 Å². The summed E-state index contributed by atoms with van der Waals surface area (Å²) in [7, 11) is 0. The van der Waals surface area contributed by atoms with Gasteiger partial charge < -0.3 is 10.4 Å². The first-order chi connectivity index (χ1) is 10.1. The van der Waals surface area contributed by atoms with E-state index in [-0.39, 0.29) is 12.3 Å². The number of benzene rings is 1. The molecule has 110 valence electrons. The number of aromatic nitrogens is 2. The number of nitrogens with one attached hydrogen (secondary N) is 1. The summed E-state index contributed by atoms with van der Waals surface area (Å²) in [5.41, 5.74) is 1.62. The summed E-state index contributed by atoms with van der Waals surface area (Å²) >= 11 is 0. The second-order valence-corrected chi connectivity index (χ2v) is 4.65. The number of nitrogens with zero attached hydrogens (tertiary/aromatic N) is 2.